The van der Waals surface area contributed by atoms with Gasteiger partial charge in [-0.25, -0.2) is 0 Å². The summed E-state index contributed by atoms with van der Waals surface area (Å²) < 4.78 is 6.13. The zero-order valence-electron chi connectivity index (χ0n) is 13.0. The first-order chi connectivity index (χ1) is 11.9. The van der Waals surface area contributed by atoms with Crippen molar-refractivity contribution in [3.05, 3.63) is 56.0 Å². The summed E-state index contributed by atoms with van der Waals surface area (Å²) in [6, 6.07) is 9.19. The van der Waals surface area contributed by atoms with Gasteiger partial charge in [-0.1, -0.05) is 76.7 Å². The minimum Gasteiger partial charge on any atom is -0.505 e. The Labute approximate surface area is 165 Å². The number of carbonyl (C=O) groups is 1. The fraction of sp³-hybridized carbons (Fsp3) is 0.278. The molecule has 0 bridgehead atoms. The number of ketones is 1. The van der Waals surface area contributed by atoms with Crippen LogP contribution in [0.25, 0.3) is 0 Å². The molecule has 0 aliphatic heterocycles. The first-order valence-corrected chi connectivity index (χ1v) is 9.22. The highest BCUT2D eigenvalue weighted by molar-refractivity contribution is 6.50. The fourth-order valence-corrected chi connectivity index (χ4v) is 3.95. The van der Waals surface area contributed by atoms with Crippen LogP contribution in [0.1, 0.15) is 31.2 Å². The molecule has 2 aromatic carbocycles. The van der Waals surface area contributed by atoms with Crippen LogP contribution in [-0.4, -0.2) is 10.9 Å². The molecule has 0 spiro atoms. The summed E-state index contributed by atoms with van der Waals surface area (Å²) >= 11 is 24.5. The van der Waals surface area contributed by atoms with E-state index < -0.39 is 11.4 Å². The van der Waals surface area contributed by atoms with Crippen LogP contribution >= 0.6 is 46.4 Å². The molecule has 1 fully saturated rings. The van der Waals surface area contributed by atoms with E-state index in [1.54, 1.807) is 0 Å². The lowest BCUT2D eigenvalue weighted by Gasteiger charge is -2.37. The first kappa shape index (κ1) is 18.7. The van der Waals surface area contributed by atoms with Crippen molar-refractivity contribution in [2.75, 3.05) is 0 Å². The third-order valence-electron chi connectivity index (χ3n) is 4.35. The predicted molar refractivity (Wildman–Crippen MR) is 100 cm³/mol. The number of benzene rings is 2. The van der Waals surface area contributed by atoms with Crippen molar-refractivity contribution >= 4 is 52.2 Å². The van der Waals surface area contributed by atoms with Gasteiger partial charge in [0.1, 0.15) is 20.1 Å². The molecule has 3 nitrogen and oxygen atoms in total. The summed E-state index contributed by atoms with van der Waals surface area (Å²) in [5.74, 6) is -0.484. The van der Waals surface area contributed by atoms with Crippen LogP contribution in [0.5, 0.6) is 11.5 Å². The van der Waals surface area contributed by atoms with Gasteiger partial charge in [-0.05, 0) is 19.3 Å². The topological polar surface area (TPSA) is 46.5 Å². The molecule has 0 heterocycles. The van der Waals surface area contributed by atoms with E-state index in [4.69, 9.17) is 51.1 Å². The van der Waals surface area contributed by atoms with Gasteiger partial charge < -0.3 is 9.84 Å². The normalized spacial score (nSPS) is 20.6. The molecule has 1 atom stereocenters. The molecule has 0 radical (unpaired) electrons. The second kappa shape index (κ2) is 7.24. The van der Waals surface area contributed by atoms with Gasteiger partial charge in [-0.2, -0.15) is 0 Å². The van der Waals surface area contributed by atoms with E-state index >= 15 is 0 Å². The molecule has 3 rings (SSSR count). The number of hydrogen-bond acceptors (Lipinski definition) is 3. The molecule has 1 saturated carbocycles. The maximum absolute atomic E-state index is 12.9. The maximum Gasteiger partial charge on any atom is 0.192 e. The molecule has 2 aromatic rings. The van der Waals surface area contributed by atoms with Crippen LogP contribution in [0, 0.1) is 0 Å². The highest BCUT2D eigenvalue weighted by Gasteiger charge is 2.45. The number of phenols is 1. The second-order valence-corrected chi connectivity index (χ2v) is 7.37. The van der Waals surface area contributed by atoms with Crippen molar-refractivity contribution in [1.29, 1.82) is 0 Å². The van der Waals surface area contributed by atoms with Gasteiger partial charge in [0.15, 0.2) is 22.9 Å². The number of Topliss-reactive ketones (excluding diaryl/α,β-unsaturated/α-hetero) is 1. The van der Waals surface area contributed by atoms with Crippen molar-refractivity contribution in [2.45, 2.75) is 31.3 Å². The van der Waals surface area contributed by atoms with Crippen molar-refractivity contribution in [3.63, 3.8) is 0 Å². The lowest BCUT2D eigenvalue weighted by molar-refractivity contribution is -0.138. The summed E-state index contributed by atoms with van der Waals surface area (Å²) in [4.78, 5) is 12.9. The lowest BCUT2D eigenvalue weighted by atomic mass is 9.78. The number of aromatic hydroxyl groups is 1. The molecule has 132 valence electrons. The van der Waals surface area contributed by atoms with Gasteiger partial charge >= 0.3 is 0 Å². The predicted octanol–water partition coefficient (Wildman–Crippen LogP) is 6.42. The summed E-state index contributed by atoms with van der Waals surface area (Å²) in [6.07, 6.45) is 2.49. The molecule has 1 aliphatic rings. The van der Waals surface area contributed by atoms with E-state index in [0.29, 0.717) is 18.4 Å². The highest BCUT2D eigenvalue weighted by atomic mass is 35.5. The fourth-order valence-electron chi connectivity index (χ4n) is 3.04. The summed E-state index contributed by atoms with van der Waals surface area (Å²) in [7, 11) is 0. The van der Waals surface area contributed by atoms with Crippen molar-refractivity contribution in [1.82, 2.24) is 0 Å². The lowest BCUT2D eigenvalue weighted by Crippen LogP contribution is -2.44. The summed E-state index contributed by atoms with van der Waals surface area (Å²) in [5.41, 5.74) is -0.497. The van der Waals surface area contributed by atoms with Gasteiger partial charge in [0, 0.05) is 12.0 Å². The molecule has 0 aromatic heterocycles. The molecule has 0 saturated heterocycles. The molecule has 1 aliphatic carbocycles. The Bertz CT molecular complexity index is 794. The number of hydrogen-bond donors (Lipinski definition) is 1. The van der Waals surface area contributed by atoms with E-state index in [9.17, 15) is 9.90 Å². The summed E-state index contributed by atoms with van der Waals surface area (Å²) in [5, 5.41) is 9.38. The van der Waals surface area contributed by atoms with E-state index in [-0.39, 0.29) is 31.6 Å². The molecule has 1 unspecified atom stereocenters. The van der Waals surface area contributed by atoms with E-state index in [1.807, 2.05) is 30.3 Å². The zero-order valence-corrected chi connectivity index (χ0v) is 16.0. The standard InChI is InChI=1S/C18H14Cl4O3/c19-12-14(21)17(15(22)13(20)16(12)24)25-18(9-5-4-8-11(18)23)10-6-2-1-3-7-10/h1-3,6-7,24H,4-5,8-9H2. The highest BCUT2D eigenvalue weighted by Crippen LogP contribution is 2.52. The van der Waals surface area contributed by atoms with Gasteiger partial charge in [-0.15, -0.1) is 0 Å². The zero-order chi connectivity index (χ0) is 18.2. The van der Waals surface area contributed by atoms with Crippen molar-refractivity contribution < 1.29 is 14.6 Å². The number of ether oxygens (including phenoxy) is 1. The average Bonchev–Trinajstić information content (AvgIpc) is 2.64. The van der Waals surface area contributed by atoms with Crippen LogP contribution in [0.3, 0.4) is 0 Å². The minimum atomic E-state index is -1.21. The number of halogens is 4. The van der Waals surface area contributed by atoms with Crippen molar-refractivity contribution in [2.24, 2.45) is 0 Å². The number of carbonyl (C=O) groups excluding carboxylic acids is 1. The monoisotopic (exact) mass is 418 g/mol. The number of phenolic OH excluding ortho intramolecular Hbond substituents is 1. The van der Waals surface area contributed by atoms with Crippen LogP contribution in [0.2, 0.25) is 20.1 Å². The number of rotatable bonds is 3. The molecule has 1 N–H and O–H groups in total. The summed E-state index contributed by atoms with van der Waals surface area (Å²) in [6.45, 7) is 0. The van der Waals surface area contributed by atoms with Crippen LogP contribution in [0.15, 0.2) is 30.3 Å². The average molecular weight is 420 g/mol. The van der Waals surface area contributed by atoms with E-state index in [2.05, 4.69) is 0 Å². The van der Waals surface area contributed by atoms with Crippen LogP contribution in [0.4, 0.5) is 0 Å². The Balaban J connectivity index is 2.17. The SMILES string of the molecule is O=C1CCCCC1(Oc1c(Cl)c(Cl)c(O)c(Cl)c1Cl)c1ccccc1. The van der Waals surface area contributed by atoms with Crippen LogP contribution < -0.4 is 4.74 Å². The van der Waals surface area contributed by atoms with Gasteiger partial charge in [0.05, 0.1) is 0 Å². The van der Waals surface area contributed by atoms with E-state index in [1.165, 1.54) is 0 Å². The third-order valence-corrected chi connectivity index (χ3v) is 6.00. The Morgan fingerprint density at radius 2 is 1.52 bits per heavy atom. The maximum atomic E-state index is 12.9. The quantitative estimate of drug-likeness (QED) is 0.583. The second-order valence-electron chi connectivity index (χ2n) is 5.86. The third kappa shape index (κ3) is 3.19. The van der Waals surface area contributed by atoms with Gasteiger partial charge in [0.2, 0.25) is 0 Å². The molecule has 7 heteroatoms. The molecule has 25 heavy (non-hydrogen) atoms. The largest absolute Gasteiger partial charge is 0.505 e. The molecular weight excluding hydrogens is 406 g/mol. The Kier molecular flexibility index (Phi) is 5.40. The molecule has 0 amide bonds. The van der Waals surface area contributed by atoms with E-state index in [0.717, 1.165) is 12.8 Å². The van der Waals surface area contributed by atoms with Crippen LogP contribution in [-0.2, 0) is 10.4 Å². The first-order valence-electron chi connectivity index (χ1n) is 7.71. The van der Waals surface area contributed by atoms with Gasteiger partial charge in [0.25, 0.3) is 0 Å². The Morgan fingerprint density at radius 1 is 0.920 bits per heavy atom. The van der Waals surface area contributed by atoms with Gasteiger partial charge in [-0.3, -0.25) is 4.79 Å². The smallest absolute Gasteiger partial charge is 0.192 e. The Hall–Kier alpha value is -1.13. The minimum absolute atomic E-state index is 0.00441. The molecular formula is C18H14Cl4O3. The Morgan fingerprint density at radius 3 is 2.08 bits per heavy atom. The van der Waals surface area contributed by atoms with Crippen molar-refractivity contribution in [3.8, 4) is 11.5 Å².